The molecule has 5 heteroatoms. The molecule has 1 aromatic carbocycles. The van der Waals surface area contributed by atoms with Crippen LogP contribution in [0.3, 0.4) is 0 Å². The molecule has 0 bridgehead atoms. The van der Waals surface area contributed by atoms with Crippen LogP contribution in [0.4, 0.5) is 5.69 Å². The van der Waals surface area contributed by atoms with Crippen LogP contribution < -0.4 is 27.0 Å². The van der Waals surface area contributed by atoms with Gasteiger partial charge >= 0.3 is 0 Å². The zero-order valence-electron chi connectivity index (χ0n) is 13.8. The Labute approximate surface area is 148 Å². The van der Waals surface area contributed by atoms with Gasteiger partial charge in [-0.1, -0.05) is 31.0 Å². The number of rotatable bonds is 4. The summed E-state index contributed by atoms with van der Waals surface area (Å²) in [6, 6.07) is 8.63. The highest BCUT2D eigenvalue weighted by Gasteiger charge is 2.24. The fourth-order valence-corrected chi connectivity index (χ4v) is 3.36. The first-order valence-electron chi connectivity index (χ1n) is 8.08. The van der Waals surface area contributed by atoms with E-state index in [2.05, 4.69) is 16.2 Å². The van der Waals surface area contributed by atoms with Gasteiger partial charge < -0.3 is 22.3 Å². The SMILES string of the molecule is Cc1cccc(C)c1NC(=O)C[n+]1cccn1C1CCCC1.[Br-]. The van der Waals surface area contributed by atoms with E-state index in [0.29, 0.717) is 12.6 Å². The van der Waals surface area contributed by atoms with Gasteiger partial charge in [-0.05, 0) is 37.8 Å². The van der Waals surface area contributed by atoms with Gasteiger partial charge in [-0.25, -0.2) is 0 Å². The van der Waals surface area contributed by atoms with Crippen LogP contribution in [0.1, 0.15) is 42.9 Å². The number of carbonyl (C=O) groups is 1. The summed E-state index contributed by atoms with van der Waals surface area (Å²) in [6.07, 6.45) is 9.08. The van der Waals surface area contributed by atoms with Crippen LogP contribution in [0.25, 0.3) is 0 Å². The van der Waals surface area contributed by atoms with E-state index in [4.69, 9.17) is 0 Å². The number of amides is 1. The Balaban J connectivity index is 0.00000192. The third-order valence-electron chi connectivity index (χ3n) is 4.54. The van der Waals surface area contributed by atoms with Crippen molar-refractivity contribution in [2.45, 2.75) is 52.1 Å². The summed E-state index contributed by atoms with van der Waals surface area (Å²) in [6.45, 7) is 4.41. The highest BCUT2D eigenvalue weighted by molar-refractivity contribution is 5.91. The molecule has 1 aliphatic rings. The number of aryl methyl sites for hydroxylation is 2. The van der Waals surface area contributed by atoms with Crippen LogP contribution in [0.5, 0.6) is 0 Å². The number of nitrogens with zero attached hydrogens (tertiary/aromatic N) is 2. The summed E-state index contributed by atoms with van der Waals surface area (Å²) < 4.78 is 4.25. The molecule has 4 nitrogen and oxygen atoms in total. The fraction of sp³-hybridized carbons (Fsp3) is 0.444. The third-order valence-corrected chi connectivity index (χ3v) is 4.54. The molecule has 124 valence electrons. The molecular weight excluding hydrogens is 354 g/mol. The quantitative estimate of drug-likeness (QED) is 0.756. The number of hydrogen-bond acceptors (Lipinski definition) is 1. The molecule has 1 fully saturated rings. The summed E-state index contributed by atoms with van der Waals surface area (Å²) in [5.74, 6) is 0.0281. The van der Waals surface area contributed by atoms with E-state index in [1.807, 2.05) is 49.0 Å². The van der Waals surface area contributed by atoms with Crippen molar-refractivity contribution in [3.05, 3.63) is 47.8 Å². The number of para-hydroxylation sites is 1. The smallest absolute Gasteiger partial charge is 0.292 e. The van der Waals surface area contributed by atoms with Gasteiger partial charge in [0, 0.05) is 11.8 Å². The Morgan fingerprint density at radius 2 is 1.87 bits per heavy atom. The average molecular weight is 378 g/mol. The lowest BCUT2D eigenvalue weighted by atomic mass is 10.1. The molecule has 1 saturated carbocycles. The standard InChI is InChI=1S/C18H23N3O.BrH/c1-14-7-5-8-15(2)18(14)19-17(22)13-20-11-6-12-21(20)16-9-3-4-10-16;/h5-8,11-12,16H,3-4,9-10,13H2,1-2H3;1H. The van der Waals surface area contributed by atoms with Gasteiger partial charge in [0.15, 0.2) is 6.20 Å². The molecule has 0 unspecified atom stereocenters. The number of anilines is 1. The highest BCUT2D eigenvalue weighted by atomic mass is 79.9. The number of benzene rings is 1. The first-order valence-corrected chi connectivity index (χ1v) is 8.08. The fourth-order valence-electron chi connectivity index (χ4n) is 3.36. The van der Waals surface area contributed by atoms with Crippen molar-refractivity contribution >= 4 is 11.6 Å². The predicted molar refractivity (Wildman–Crippen MR) is 86.7 cm³/mol. The van der Waals surface area contributed by atoms with Crippen LogP contribution in [-0.2, 0) is 11.3 Å². The lowest BCUT2D eigenvalue weighted by Crippen LogP contribution is -3.00. The van der Waals surface area contributed by atoms with Crippen molar-refractivity contribution in [2.75, 3.05) is 5.32 Å². The molecule has 0 atom stereocenters. The summed E-state index contributed by atoms with van der Waals surface area (Å²) in [5.41, 5.74) is 3.14. The zero-order chi connectivity index (χ0) is 15.5. The van der Waals surface area contributed by atoms with Crippen LogP contribution in [0.15, 0.2) is 36.7 Å². The Hall–Kier alpha value is -1.62. The van der Waals surface area contributed by atoms with Gasteiger partial charge in [-0.2, -0.15) is 4.68 Å². The predicted octanol–water partition coefficient (Wildman–Crippen LogP) is 0.150. The summed E-state index contributed by atoms with van der Waals surface area (Å²) in [7, 11) is 0. The number of nitrogens with one attached hydrogen (secondary N) is 1. The third kappa shape index (κ3) is 4.02. The molecule has 1 heterocycles. The molecule has 0 aliphatic heterocycles. The maximum absolute atomic E-state index is 12.4. The Kier molecular flexibility index (Phi) is 5.99. The van der Waals surface area contributed by atoms with E-state index in [0.717, 1.165) is 16.8 Å². The second-order valence-corrected chi connectivity index (χ2v) is 6.22. The average Bonchev–Trinajstić information content (AvgIpc) is 3.13. The number of carbonyl (C=O) groups excluding carboxylic acids is 1. The maximum Gasteiger partial charge on any atom is 0.292 e. The number of hydrogen-bond donors (Lipinski definition) is 1. The van der Waals surface area contributed by atoms with Gasteiger partial charge in [0.2, 0.25) is 6.54 Å². The van der Waals surface area contributed by atoms with E-state index in [9.17, 15) is 4.79 Å². The zero-order valence-corrected chi connectivity index (χ0v) is 15.3. The monoisotopic (exact) mass is 377 g/mol. The van der Waals surface area contributed by atoms with E-state index >= 15 is 0 Å². The molecule has 0 saturated heterocycles. The molecule has 1 aliphatic carbocycles. The molecule has 1 aromatic heterocycles. The van der Waals surface area contributed by atoms with Crippen LogP contribution >= 0.6 is 0 Å². The Morgan fingerprint density at radius 1 is 1.22 bits per heavy atom. The number of aromatic nitrogens is 2. The Bertz CT molecular complexity index is 654. The van der Waals surface area contributed by atoms with Crippen molar-refractivity contribution in [3.8, 4) is 0 Å². The van der Waals surface area contributed by atoms with Gasteiger partial charge in [-0.3, -0.25) is 4.79 Å². The van der Waals surface area contributed by atoms with Crippen molar-refractivity contribution in [2.24, 2.45) is 0 Å². The van der Waals surface area contributed by atoms with E-state index in [1.165, 1.54) is 25.7 Å². The lowest BCUT2D eigenvalue weighted by molar-refractivity contribution is -0.766. The lowest BCUT2D eigenvalue weighted by Gasteiger charge is -2.12. The van der Waals surface area contributed by atoms with Crippen LogP contribution in [0, 0.1) is 13.8 Å². The van der Waals surface area contributed by atoms with Crippen LogP contribution in [0.2, 0.25) is 0 Å². The van der Waals surface area contributed by atoms with Crippen molar-refractivity contribution in [3.63, 3.8) is 0 Å². The van der Waals surface area contributed by atoms with Crippen molar-refractivity contribution < 1.29 is 26.5 Å². The minimum Gasteiger partial charge on any atom is -1.00 e. The largest absolute Gasteiger partial charge is 1.00 e. The van der Waals surface area contributed by atoms with Crippen LogP contribution in [-0.4, -0.2) is 10.6 Å². The number of halogens is 1. The molecule has 0 spiro atoms. The normalized spacial score (nSPS) is 14.5. The molecule has 2 aromatic rings. The molecule has 23 heavy (non-hydrogen) atoms. The van der Waals surface area contributed by atoms with Gasteiger partial charge in [0.1, 0.15) is 0 Å². The first-order chi connectivity index (χ1) is 10.6. The summed E-state index contributed by atoms with van der Waals surface area (Å²) in [5, 5.41) is 3.06. The second kappa shape index (κ2) is 7.77. The van der Waals surface area contributed by atoms with Crippen molar-refractivity contribution in [1.82, 2.24) is 4.68 Å². The first kappa shape index (κ1) is 17.7. The minimum absolute atomic E-state index is 0. The summed E-state index contributed by atoms with van der Waals surface area (Å²) >= 11 is 0. The second-order valence-electron chi connectivity index (χ2n) is 6.22. The molecular formula is C18H24BrN3O. The van der Waals surface area contributed by atoms with Gasteiger partial charge in [-0.15, -0.1) is 4.68 Å². The Morgan fingerprint density at radius 3 is 2.52 bits per heavy atom. The van der Waals surface area contributed by atoms with Gasteiger partial charge in [0.05, 0.1) is 12.2 Å². The van der Waals surface area contributed by atoms with Crippen molar-refractivity contribution in [1.29, 1.82) is 0 Å². The van der Waals surface area contributed by atoms with Gasteiger partial charge in [0.25, 0.3) is 5.91 Å². The molecule has 3 rings (SSSR count). The molecule has 1 N–H and O–H groups in total. The summed E-state index contributed by atoms with van der Waals surface area (Å²) in [4.78, 5) is 12.4. The van der Waals surface area contributed by atoms with E-state index < -0.39 is 0 Å². The van der Waals surface area contributed by atoms with E-state index in [-0.39, 0.29) is 22.9 Å². The highest BCUT2D eigenvalue weighted by Crippen LogP contribution is 2.28. The molecule has 0 radical (unpaired) electrons. The maximum atomic E-state index is 12.4. The molecule has 1 amide bonds. The topological polar surface area (TPSA) is 37.9 Å². The minimum atomic E-state index is 0. The van der Waals surface area contributed by atoms with E-state index in [1.54, 1.807) is 0 Å².